The normalized spacial score (nSPS) is 12.0. The van der Waals surface area contributed by atoms with Gasteiger partial charge < -0.3 is 21.4 Å². The second-order valence-corrected chi connectivity index (χ2v) is 6.98. The van der Waals surface area contributed by atoms with Crippen molar-refractivity contribution in [1.29, 1.82) is 0 Å². The molecule has 0 fully saturated rings. The molecule has 1 amide bonds. The van der Waals surface area contributed by atoms with Crippen molar-refractivity contribution in [2.24, 2.45) is 5.73 Å². The van der Waals surface area contributed by atoms with Gasteiger partial charge in [-0.3, -0.25) is 4.79 Å². The highest BCUT2D eigenvalue weighted by atomic mass is 32.1. The highest BCUT2D eigenvalue weighted by Gasteiger charge is 2.18. The molecule has 0 aliphatic rings. The number of amides is 1. The Morgan fingerprint density at radius 2 is 2.04 bits per heavy atom. The van der Waals surface area contributed by atoms with Gasteiger partial charge in [0.15, 0.2) is 0 Å². The maximum absolute atomic E-state index is 12.9. The van der Waals surface area contributed by atoms with Gasteiger partial charge in [0.25, 0.3) is 5.91 Å². The van der Waals surface area contributed by atoms with E-state index in [0.29, 0.717) is 12.1 Å². The number of aromatic nitrogens is 2. The fourth-order valence-corrected chi connectivity index (χ4v) is 3.77. The summed E-state index contributed by atoms with van der Waals surface area (Å²) in [6.07, 6.45) is 3.57. The van der Waals surface area contributed by atoms with E-state index in [0.717, 1.165) is 27.3 Å². The molecule has 1 unspecified atom stereocenters. The summed E-state index contributed by atoms with van der Waals surface area (Å²) in [5, 5.41) is 10.0. The Labute approximate surface area is 160 Å². The molecule has 0 radical (unpaired) electrons. The number of nitrogens with two attached hydrogens (primary N) is 1. The largest absolute Gasteiger partial charge is 0.346 e. The molecule has 0 saturated heterocycles. The summed E-state index contributed by atoms with van der Waals surface area (Å²) in [7, 11) is 0. The third-order valence-corrected chi connectivity index (χ3v) is 5.19. The maximum atomic E-state index is 12.9. The standard InChI is InChI=1S/C20H19N5OS/c21-12-17(13-4-2-1-3-5-13)24-19(26)15-8-11-27-20(15)25-16-7-10-23-18-14(16)6-9-22-18/h1-11,17H,12,21H2,(H,24,26)(H2,22,23,25). The van der Waals surface area contributed by atoms with Gasteiger partial charge in [-0.2, -0.15) is 0 Å². The second-order valence-electron chi connectivity index (χ2n) is 6.06. The molecule has 0 saturated carbocycles. The van der Waals surface area contributed by atoms with Crippen LogP contribution in [0.15, 0.2) is 66.3 Å². The summed E-state index contributed by atoms with van der Waals surface area (Å²) in [4.78, 5) is 20.2. The molecular weight excluding hydrogens is 358 g/mol. The summed E-state index contributed by atoms with van der Waals surface area (Å²) in [6, 6.07) is 15.2. The molecular formula is C20H19N5OS. The van der Waals surface area contributed by atoms with Crippen LogP contribution in [0.3, 0.4) is 0 Å². The average Bonchev–Trinajstić information content (AvgIpc) is 3.36. The van der Waals surface area contributed by atoms with Crippen molar-refractivity contribution < 1.29 is 4.79 Å². The molecule has 3 aromatic heterocycles. The van der Waals surface area contributed by atoms with Crippen molar-refractivity contribution in [2.45, 2.75) is 6.04 Å². The molecule has 0 aliphatic carbocycles. The van der Waals surface area contributed by atoms with Gasteiger partial charge in [-0.15, -0.1) is 11.3 Å². The Hall–Kier alpha value is -3.16. The molecule has 6 nitrogen and oxygen atoms in total. The first kappa shape index (κ1) is 17.3. The van der Waals surface area contributed by atoms with Gasteiger partial charge in [0.2, 0.25) is 0 Å². The molecule has 0 spiro atoms. The Morgan fingerprint density at radius 1 is 1.19 bits per heavy atom. The lowest BCUT2D eigenvalue weighted by Gasteiger charge is -2.17. The van der Waals surface area contributed by atoms with E-state index in [1.54, 1.807) is 6.20 Å². The summed E-state index contributed by atoms with van der Waals surface area (Å²) >= 11 is 1.48. The van der Waals surface area contributed by atoms with Crippen LogP contribution in [-0.4, -0.2) is 22.4 Å². The molecule has 0 aliphatic heterocycles. The van der Waals surface area contributed by atoms with Crippen LogP contribution in [0.2, 0.25) is 0 Å². The Balaban J connectivity index is 1.56. The Kier molecular flexibility index (Phi) is 4.86. The monoisotopic (exact) mass is 377 g/mol. The molecule has 136 valence electrons. The first-order chi connectivity index (χ1) is 13.3. The number of nitrogens with one attached hydrogen (secondary N) is 3. The zero-order chi connectivity index (χ0) is 18.6. The number of H-pyrrole nitrogens is 1. The molecule has 4 aromatic rings. The first-order valence-corrected chi connectivity index (χ1v) is 9.46. The van der Waals surface area contributed by atoms with Gasteiger partial charge in [0.05, 0.1) is 17.3 Å². The zero-order valence-corrected chi connectivity index (χ0v) is 15.3. The predicted molar refractivity (Wildman–Crippen MR) is 109 cm³/mol. The summed E-state index contributed by atoms with van der Waals surface area (Å²) in [5.41, 5.74) is 9.16. The summed E-state index contributed by atoms with van der Waals surface area (Å²) in [5.74, 6) is -0.155. The smallest absolute Gasteiger partial charge is 0.254 e. The number of pyridine rings is 1. The van der Waals surface area contributed by atoms with Crippen molar-refractivity contribution in [2.75, 3.05) is 11.9 Å². The summed E-state index contributed by atoms with van der Waals surface area (Å²) in [6.45, 7) is 0.330. The van der Waals surface area contributed by atoms with Gasteiger partial charge in [0, 0.05) is 24.3 Å². The number of fused-ring (bicyclic) bond motifs is 1. The molecule has 7 heteroatoms. The Bertz CT molecular complexity index is 1060. The Morgan fingerprint density at radius 3 is 2.85 bits per heavy atom. The molecule has 0 bridgehead atoms. The van der Waals surface area contributed by atoms with Crippen LogP contribution in [0.4, 0.5) is 10.7 Å². The number of aromatic amines is 1. The lowest BCUT2D eigenvalue weighted by molar-refractivity contribution is 0.0939. The predicted octanol–water partition coefficient (Wildman–Crippen LogP) is 3.80. The highest BCUT2D eigenvalue weighted by molar-refractivity contribution is 7.14. The topological polar surface area (TPSA) is 95.8 Å². The lowest BCUT2D eigenvalue weighted by Crippen LogP contribution is -2.33. The maximum Gasteiger partial charge on any atom is 0.254 e. The number of anilines is 2. The van der Waals surface area contributed by atoms with E-state index >= 15 is 0 Å². The first-order valence-electron chi connectivity index (χ1n) is 8.58. The molecule has 1 aromatic carbocycles. The van der Waals surface area contributed by atoms with Crippen LogP contribution in [0.25, 0.3) is 11.0 Å². The van der Waals surface area contributed by atoms with Crippen LogP contribution in [0.1, 0.15) is 22.0 Å². The highest BCUT2D eigenvalue weighted by Crippen LogP contribution is 2.30. The van der Waals surface area contributed by atoms with Crippen molar-refractivity contribution >= 4 is 39.0 Å². The van der Waals surface area contributed by atoms with E-state index in [2.05, 4.69) is 20.6 Å². The van der Waals surface area contributed by atoms with Crippen molar-refractivity contribution in [3.63, 3.8) is 0 Å². The van der Waals surface area contributed by atoms with Crippen molar-refractivity contribution in [3.8, 4) is 0 Å². The second kappa shape index (κ2) is 7.61. The zero-order valence-electron chi connectivity index (χ0n) is 14.5. The number of carbonyl (C=O) groups is 1. The van der Waals surface area contributed by atoms with Gasteiger partial charge in [-0.05, 0) is 29.1 Å². The fraction of sp³-hybridized carbons (Fsp3) is 0.100. The minimum Gasteiger partial charge on any atom is -0.346 e. The van der Waals surface area contributed by atoms with Crippen LogP contribution >= 0.6 is 11.3 Å². The van der Waals surface area contributed by atoms with Crippen molar-refractivity contribution in [1.82, 2.24) is 15.3 Å². The SMILES string of the molecule is NCC(NC(=O)c1ccsc1Nc1ccnc2[nH]ccc12)c1ccccc1. The van der Waals surface area contributed by atoms with Crippen LogP contribution in [-0.2, 0) is 0 Å². The number of rotatable bonds is 6. The van der Waals surface area contributed by atoms with Gasteiger partial charge in [0.1, 0.15) is 10.6 Å². The van der Waals surface area contributed by atoms with Gasteiger partial charge in [-0.1, -0.05) is 30.3 Å². The van der Waals surface area contributed by atoms with E-state index in [9.17, 15) is 4.79 Å². The summed E-state index contributed by atoms with van der Waals surface area (Å²) < 4.78 is 0. The van der Waals surface area contributed by atoms with Crippen LogP contribution < -0.4 is 16.4 Å². The third-order valence-electron chi connectivity index (χ3n) is 4.36. The number of hydrogen-bond donors (Lipinski definition) is 4. The number of benzene rings is 1. The number of thiophene rings is 1. The lowest BCUT2D eigenvalue weighted by atomic mass is 10.1. The number of nitrogens with zero attached hydrogens (tertiary/aromatic N) is 1. The molecule has 1 atom stereocenters. The van der Waals surface area contributed by atoms with Crippen LogP contribution in [0, 0.1) is 0 Å². The van der Waals surface area contributed by atoms with Crippen molar-refractivity contribution in [3.05, 3.63) is 77.4 Å². The van der Waals surface area contributed by atoms with E-state index in [-0.39, 0.29) is 11.9 Å². The molecule has 27 heavy (non-hydrogen) atoms. The minimum absolute atomic E-state index is 0.155. The van der Waals surface area contributed by atoms with Gasteiger partial charge in [-0.25, -0.2) is 4.98 Å². The van der Waals surface area contributed by atoms with Crippen LogP contribution in [0.5, 0.6) is 0 Å². The number of carbonyl (C=O) groups excluding carboxylic acids is 1. The van der Waals surface area contributed by atoms with E-state index in [1.807, 2.05) is 60.1 Å². The minimum atomic E-state index is -0.233. The quantitative estimate of drug-likeness (QED) is 0.411. The number of hydrogen-bond acceptors (Lipinski definition) is 5. The van der Waals surface area contributed by atoms with E-state index in [4.69, 9.17) is 5.73 Å². The average molecular weight is 377 g/mol. The molecule has 3 heterocycles. The van der Waals surface area contributed by atoms with Gasteiger partial charge >= 0.3 is 0 Å². The molecule has 4 rings (SSSR count). The van der Waals surface area contributed by atoms with E-state index < -0.39 is 0 Å². The third kappa shape index (κ3) is 3.55. The molecule has 5 N–H and O–H groups in total. The fourth-order valence-electron chi connectivity index (χ4n) is 2.98. The van der Waals surface area contributed by atoms with E-state index in [1.165, 1.54) is 11.3 Å².